The van der Waals surface area contributed by atoms with Crippen LogP contribution in [0, 0.1) is 0 Å². The molecule has 27 heavy (non-hydrogen) atoms. The molecule has 140 valence electrons. The first-order chi connectivity index (χ1) is 13.2. The van der Waals surface area contributed by atoms with Gasteiger partial charge in [-0.25, -0.2) is 9.50 Å². The van der Waals surface area contributed by atoms with E-state index in [0.29, 0.717) is 23.2 Å². The zero-order valence-corrected chi connectivity index (χ0v) is 15.9. The minimum Gasteiger partial charge on any atom is -0.337 e. The van der Waals surface area contributed by atoms with Gasteiger partial charge in [-0.2, -0.15) is 5.10 Å². The van der Waals surface area contributed by atoms with E-state index in [1.54, 1.807) is 16.8 Å². The second-order valence-electron chi connectivity index (χ2n) is 7.55. The van der Waals surface area contributed by atoms with Crippen molar-refractivity contribution in [2.45, 2.75) is 44.6 Å². The Morgan fingerprint density at radius 3 is 3.04 bits per heavy atom. The summed E-state index contributed by atoms with van der Waals surface area (Å²) >= 11 is 6.04. The number of rotatable bonds is 2. The van der Waals surface area contributed by atoms with Crippen molar-refractivity contribution in [2.24, 2.45) is 0 Å². The molecule has 2 aliphatic heterocycles. The number of amides is 1. The van der Waals surface area contributed by atoms with Crippen molar-refractivity contribution in [1.82, 2.24) is 24.1 Å². The Morgan fingerprint density at radius 2 is 2.11 bits per heavy atom. The number of aryl methyl sites for hydroxylation is 1. The third-order valence-corrected chi connectivity index (χ3v) is 5.99. The summed E-state index contributed by atoms with van der Waals surface area (Å²) in [4.78, 5) is 19.7. The zero-order chi connectivity index (χ0) is 18.4. The fourth-order valence-corrected chi connectivity index (χ4v) is 4.56. The first-order valence-corrected chi connectivity index (χ1v) is 10.1. The van der Waals surface area contributed by atoms with Gasteiger partial charge in [-0.15, -0.1) is 0 Å². The van der Waals surface area contributed by atoms with Crippen molar-refractivity contribution in [3.63, 3.8) is 0 Å². The van der Waals surface area contributed by atoms with Crippen molar-refractivity contribution in [1.29, 1.82) is 0 Å². The van der Waals surface area contributed by atoms with Crippen LogP contribution in [0.3, 0.4) is 0 Å². The van der Waals surface area contributed by atoms with E-state index in [1.807, 2.05) is 23.2 Å². The SMILES string of the molecule is O=C(c1cc2cc(Cl)ccn2n1)N1CCCC(c2ncc3n2CCCC3)C1. The van der Waals surface area contributed by atoms with Gasteiger partial charge >= 0.3 is 0 Å². The quantitative estimate of drug-likeness (QED) is 0.680. The van der Waals surface area contributed by atoms with E-state index in [0.717, 1.165) is 43.7 Å². The fraction of sp³-hybridized carbons (Fsp3) is 0.450. The lowest BCUT2D eigenvalue weighted by molar-refractivity contribution is 0.0696. The number of imidazole rings is 1. The number of hydrogen-bond acceptors (Lipinski definition) is 3. The summed E-state index contributed by atoms with van der Waals surface area (Å²) in [7, 11) is 0. The molecule has 1 amide bonds. The molecule has 0 saturated carbocycles. The van der Waals surface area contributed by atoms with E-state index in [9.17, 15) is 4.79 Å². The monoisotopic (exact) mass is 383 g/mol. The molecule has 1 atom stereocenters. The number of fused-ring (bicyclic) bond motifs is 2. The van der Waals surface area contributed by atoms with Crippen molar-refractivity contribution in [3.8, 4) is 0 Å². The molecule has 0 radical (unpaired) electrons. The Balaban J connectivity index is 1.38. The maximum Gasteiger partial charge on any atom is 0.274 e. The lowest BCUT2D eigenvalue weighted by Crippen LogP contribution is -2.40. The second kappa shape index (κ2) is 6.68. The lowest BCUT2D eigenvalue weighted by atomic mass is 9.96. The molecule has 1 saturated heterocycles. The largest absolute Gasteiger partial charge is 0.337 e. The van der Waals surface area contributed by atoms with Crippen LogP contribution in [0.4, 0.5) is 0 Å². The van der Waals surface area contributed by atoms with Gasteiger partial charge in [-0.3, -0.25) is 4.79 Å². The second-order valence-corrected chi connectivity index (χ2v) is 7.99. The fourth-order valence-electron chi connectivity index (χ4n) is 4.39. The predicted molar refractivity (Wildman–Crippen MR) is 103 cm³/mol. The number of aromatic nitrogens is 4. The van der Waals surface area contributed by atoms with Gasteiger partial charge in [0.2, 0.25) is 0 Å². The first-order valence-electron chi connectivity index (χ1n) is 9.67. The van der Waals surface area contributed by atoms with Crippen LogP contribution in [0.5, 0.6) is 0 Å². The van der Waals surface area contributed by atoms with Crippen LogP contribution in [-0.2, 0) is 13.0 Å². The van der Waals surface area contributed by atoms with Crippen molar-refractivity contribution in [3.05, 3.63) is 52.8 Å². The minimum absolute atomic E-state index is 0.00931. The average molecular weight is 384 g/mol. The summed E-state index contributed by atoms with van der Waals surface area (Å²) < 4.78 is 4.08. The van der Waals surface area contributed by atoms with Gasteiger partial charge in [0.05, 0.1) is 5.52 Å². The van der Waals surface area contributed by atoms with Crippen molar-refractivity contribution < 1.29 is 4.79 Å². The minimum atomic E-state index is -0.00931. The van der Waals surface area contributed by atoms with Crippen LogP contribution in [0.25, 0.3) is 5.52 Å². The summed E-state index contributed by atoms with van der Waals surface area (Å²) in [6, 6.07) is 5.41. The number of nitrogens with zero attached hydrogens (tertiary/aromatic N) is 5. The molecule has 6 nitrogen and oxygen atoms in total. The van der Waals surface area contributed by atoms with Crippen LogP contribution in [0.15, 0.2) is 30.6 Å². The number of likely N-dealkylation sites (tertiary alicyclic amines) is 1. The topological polar surface area (TPSA) is 55.4 Å². The third-order valence-electron chi connectivity index (χ3n) is 5.75. The van der Waals surface area contributed by atoms with Gasteiger partial charge in [0, 0.05) is 48.7 Å². The van der Waals surface area contributed by atoms with Gasteiger partial charge in [0.15, 0.2) is 5.69 Å². The lowest BCUT2D eigenvalue weighted by Gasteiger charge is -2.32. The average Bonchev–Trinajstić information content (AvgIpc) is 3.31. The standard InChI is InChI=1S/C20H22ClN5O/c21-15-6-9-26-17(10-15)11-18(23-26)20(27)24-7-3-4-14(13-24)19-22-12-16-5-1-2-8-25(16)19/h6,9-12,14H,1-5,7-8,13H2. The molecule has 3 aromatic heterocycles. The molecule has 0 spiro atoms. The van der Waals surface area contributed by atoms with E-state index >= 15 is 0 Å². The number of pyridine rings is 1. The molecule has 1 fully saturated rings. The summed E-state index contributed by atoms with van der Waals surface area (Å²) in [5.41, 5.74) is 2.65. The molecule has 5 rings (SSSR count). The van der Waals surface area contributed by atoms with Gasteiger partial charge in [0.25, 0.3) is 5.91 Å². The van der Waals surface area contributed by atoms with Crippen LogP contribution in [0.2, 0.25) is 5.02 Å². The highest BCUT2D eigenvalue weighted by atomic mass is 35.5. The maximum absolute atomic E-state index is 13.0. The predicted octanol–water partition coefficient (Wildman–Crippen LogP) is 3.54. The van der Waals surface area contributed by atoms with Gasteiger partial charge in [0.1, 0.15) is 5.82 Å². The summed E-state index contributed by atoms with van der Waals surface area (Å²) in [6.07, 6.45) is 9.48. The molecule has 0 aliphatic carbocycles. The van der Waals surface area contributed by atoms with E-state index in [4.69, 9.17) is 16.6 Å². The maximum atomic E-state index is 13.0. The molecule has 3 aromatic rings. The van der Waals surface area contributed by atoms with Gasteiger partial charge in [-0.05, 0) is 50.3 Å². The summed E-state index contributed by atoms with van der Waals surface area (Å²) in [5.74, 6) is 1.45. The van der Waals surface area contributed by atoms with E-state index in [-0.39, 0.29) is 5.91 Å². The number of carbonyl (C=O) groups is 1. The van der Waals surface area contributed by atoms with Crippen molar-refractivity contribution in [2.75, 3.05) is 13.1 Å². The number of hydrogen-bond donors (Lipinski definition) is 0. The van der Waals surface area contributed by atoms with E-state index in [2.05, 4.69) is 9.67 Å². The smallest absolute Gasteiger partial charge is 0.274 e. The molecule has 0 aromatic carbocycles. The Bertz CT molecular complexity index is 1010. The van der Waals surface area contributed by atoms with Crippen LogP contribution < -0.4 is 0 Å². The normalized spacial score (nSPS) is 20.0. The molecular weight excluding hydrogens is 362 g/mol. The zero-order valence-electron chi connectivity index (χ0n) is 15.1. The number of halogens is 1. The molecular formula is C20H22ClN5O. The van der Waals surface area contributed by atoms with Gasteiger partial charge < -0.3 is 9.47 Å². The molecule has 1 unspecified atom stereocenters. The highest BCUT2D eigenvalue weighted by molar-refractivity contribution is 6.30. The molecule has 5 heterocycles. The first kappa shape index (κ1) is 16.8. The van der Waals surface area contributed by atoms with E-state index in [1.165, 1.54) is 18.5 Å². The Hall–Kier alpha value is -2.34. The summed E-state index contributed by atoms with van der Waals surface area (Å²) in [6.45, 7) is 2.55. The summed E-state index contributed by atoms with van der Waals surface area (Å²) in [5, 5.41) is 5.08. The Labute approximate surface area is 162 Å². The molecule has 2 aliphatic rings. The highest BCUT2D eigenvalue weighted by Crippen LogP contribution is 2.29. The van der Waals surface area contributed by atoms with Crippen LogP contribution in [0.1, 0.15) is 53.6 Å². The molecule has 0 bridgehead atoms. The van der Waals surface area contributed by atoms with Crippen LogP contribution in [-0.4, -0.2) is 43.1 Å². The molecule has 0 N–H and O–H groups in total. The highest BCUT2D eigenvalue weighted by Gasteiger charge is 2.30. The Morgan fingerprint density at radius 1 is 1.19 bits per heavy atom. The van der Waals surface area contributed by atoms with Crippen molar-refractivity contribution >= 4 is 23.0 Å². The Kier molecular flexibility index (Phi) is 4.16. The third kappa shape index (κ3) is 3.02. The van der Waals surface area contributed by atoms with Crippen LogP contribution >= 0.6 is 11.6 Å². The van der Waals surface area contributed by atoms with Gasteiger partial charge in [-0.1, -0.05) is 11.6 Å². The molecule has 7 heteroatoms. The number of piperidine rings is 1. The number of carbonyl (C=O) groups excluding carboxylic acids is 1. The van der Waals surface area contributed by atoms with E-state index < -0.39 is 0 Å².